The van der Waals surface area contributed by atoms with E-state index in [1.165, 1.54) is 11.8 Å². The van der Waals surface area contributed by atoms with Crippen molar-refractivity contribution in [3.63, 3.8) is 0 Å². The van der Waals surface area contributed by atoms with Crippen molar-refractivity contribution < 1.29 is 9.32 Å². The molecule has 0 radical (unpaired) electrons. The standard InChI is InChI=1S/C17H19N5O2S/c1-10-6-5-7-14(8-10)22-13(4)19-20-17(22)25-12(3)16(23)18-15-9-11(2)21-24-15/h5-9,12H,1-4H3,(H,18,23)/t12-/m1/s1. The molecule has 3 aromatic rings. The molecule has 0 aliphatic heterocycles. The van der Waals surface area contributed by atoms with Crippen molar-refractivity contribution in [2.75, 3.05) is 5.32 Å². The Labute approximate surface area is 149 Å². The number of nitrogens with one attached hydrogen (secondary N) is 1. The largest absolute Gasteiger partial charge is 0.338 e. The summed E-state index contributed by atoms with van der Waals surface area (Å²) in [5.41, 5.74) is 2.84. The number of aryl methyl sites for hydroxylation is 3. The summed E-state index contributed by atoms with van der Waals surface area (Å²) in [5.74, 6) is 0.926. The van der Waals surface area contributed by atoms with Crippen molar-refractivity contribution in [2.24, 2.45) is 0 Å². The Hall–Kier alpha value is -2.61. The van der Waals surface area contributed by atoms with Crippen molar-refractivity contribution in [1.29, 1.82) is 0 Å². The van der Waals surface area contributed by atoms with Crippen LogP contribution in [0.4, 0.5) is 5.88 Å². The lowest BCUT2D eigenvalue weighted by molar-refractivity contribution is -0.115. The van der Waals surface area contributed by atoms with Gasteiger partial charge in [-0.15, -0.1) is 10.2 Å². The first-order valence-electron chi connectivity index (χ1n) is 7.84. The quantitative estimate of drug-likeness (QED) is 0.705. The number of hydrogen-bond acceptors (Lipinski definition) is 6. The van der Waals surface area contributed by atoms with Gasteiger partial charge in [0.1, 0.15) is 5.82 Å². The number of hydrogen-bond donors (Lipinski definition) is 1. The number of benzene rings is 1. The van der Waals surface area contributed by atoms with Gasteiger partial charge in [-0.05, 0) is 45.4 Å². The van der Waals surface area contributed by atoms with Gasteiger partial charge < -0.3 is 4.52 Å². The van der Waals surface area contributed by atoms with Gasteiger partial charge in [-0.3, -0.25) is 14.7 Å². The highest BCUT2D eigenvalue weighted by Crippen LogP contribution is 2.26. The Kier molecular flexibility index (Phi) is 4.89. The van der Waals surface area contributed by atoms with E-state index in [4.69, 9.17) is 4.52 Å². The molecule has 0 aliphatic rings. The second kappa shape index (κ2) is 7.10. The fourth-order valence-electron chi connectivity index (χ4n) is 2.34. The van der Waals surface area contributed by atoms with Gasteiger partial charge in [0, 0.05) is 11.8 Å². The van der Waals surface area contributed by atoms with E-state index < -0.39 is 0 Å². The van der Waals surface area contributed by atoms with Crippen molar-refractivity contribution in [3.8, 4) is 5.69 Å². The normalized spacial score (nSPS) is 12.2. The first-order valence-corrected chi connectivity index (χ1v) is 8.72. The van der Waals surface area contributed by atoms with E-state index >= 15 is 0 Å². The maximum Gasteiger partial charge on any atom is 0.240 e. The van der Waals surface area contributed by atoms with E-state index in [2.05, 4.69) is 26.7 Å². The minimum atomic E-state index is -0.377. The molecule has 1 amide bonds. The zero-order valence-electron chi connectivity index (χ0n) is 14.5. The first kappa shape index (κ1) is 17.2. The Morgan fingerprint density at radius 3 is 2.72 bits per heavy atom. The van der Waals surface area contributed by atoms with Crippen LogP contribution in [0.25, 0.3) is 5.69 Å². The van der Waals surface area contributed by atoms with Crippen molar-refractivity contribution in [3.05, 3.63) is 47.4 Å². The summed E-state index contributed by atoms with van der Waals surface area (Å²) < 4.78 is 6.97. The summed E-state index contributed by atoms with van der Waals surface area (Å²) in [6.45, 7) is 7.53. The predicted molar refractivity (Wildman–Crippen MR) is 96.0 cm³/mol. The number of thioether (sulfide) groups is 1. The summed E-state index contributed by atoms with van der Waals surface area (Å²) in [7, 11) is 0. The molecule has 1 atom stereocenters. The minimum Gasteiger partial charge on any atom is -0.338 e. The molecule has 8 heteroatoms. The highest BCUT2D eigenvalue weighted by atomic mass is 32.2. The van der Waals surface area contributed by atoms with Crippen molar-refractivity contribution in [1.82, 2.24) is 19.9 Å². The zero-order chi connectivity index (χ0) is 18.0. The maximum absolute atomic E-state index is 12.4. The van der Waals surface area contributed by atoms with Crippen LogP contribution < -0.4 is 5.32 Å². The molecule has 0 fully saturated rings. The third kappa shape index (κ3) is 3.90. The molecule has 1 N–H and O–H groups in total. The molecule has 0 bridgehead atoms. The molecular weight excluding hydrogens is 338 g/mol. The molecule has 25 heavy (non-hydrogen) atoms. The van der Waals surface area contributed by atoms with Crippen LogP contribution in [0.2, 0.25) is 0 Å². The molecule has 1 aromatic carbocycles. The lowest BCUT2D eigenvalue weighted by Crippen LogP contribution is -2.22. The van der Waals surface area contributed by atoms with Crippen molar-refractivity contribution in [2.45, 2.75) is 38.1 Å². The maximum atomic E-state index is 12.4. The molecule has 0 aliphatic carbocycles. The van der Waals surface area contributed by atoms with Crippen LogP contribution in [-0.2, 0) is 4.79 Å². The molecule has 130 valence electrons. The van der Waals surface area contributed by atoms with Gasteiger partial charge >= 0.3 is 0 Å². The van der Waals surface area contributed by atoms with Crippen LogP contribution in [0.15, 0.2) is 40.0 Å². The van der Waals surface area contributed by atoms with E-state index in [1.54, 1.807) is 13.0 Å². The fourth-order valence-corrected chi connectivity index (χ4v) is 3.25. The van der Waals surface area contributed by atoms with Gasteiger partial charge in [0.15, 0.2) is 5.16 Å². The molecule has 0 unspecified atom stereocenters. The van der Waals surface area contributed by atoms with E-state index in [0.29, 0.717) is 16.7 Å². The van der Waals surface area contributed by atoms with Crippen LogP contribution in [-0.4, -0.2) is 31.1 Å². The SMILES string of the molecule is Cc1cccc(-n2c(C)nnc2S[C@H](C)C(=O)Nc2cc(C)no2)c1. The molecule has 2 heterocycles. The Morgan fingerprint density at radius 1 is 1.24 bits per heavy atom. The number of amides is 1. The average molecular weight is 357 g/mol. The Balaban J connectivity index is 1.78. The number of nitrogens with zero attached hydrogens (tertiary/aromatic N) is 4. The van der Waals surface area contributed by atoms with Gasteiger partial charge in [0.05, 0.1) is 10.9 Å². The third-order valence-electron chi connectivity index (χ3n) is 3.58. The van der Waals surface area contributed by atoms with Gasteiger partial charge in [-0.25, -0.2) is 0 Å². The average Bonchev–Trinajstić information content (AvgIpc) is 3.13. The van der Waals surface area contributed by atoms with Crippen molar-refractivity contribution >= 4 is 23.6 Å². The number of rotatable bonds is 5. The molecule has 2 aromatic heterocycles. The number of carbonyl (C=O) groups is 1. The van der Waals surface area contributed by atoms with Crippen LogP contribution in [0.5, 0.6) is 0 Å². The summed E-state index contributed by atoms with van der Waals surface area (Å²) in [6, 6.07) is 9.75. The van der Waals surface area contributed by atoms with Crippen LogP contribution in [0.3, 0.4) is 0 Å². The fraction of sp³-hybridized carbons (Fsp3) is 0.294. The number of anilines is 1. The van der Waals surface area contributed by atoms with Crippen LogP contribution >= 0.6 is 11.8 Å². The molecule has 0 spiro atoms. The third-order valence-corrected chi connectivity index (χ3v) is 4.62. The molecule has 0 saturated heterocycles. The topological polar surface area (TPSA) is 85.8 Å². The van der Waals surface area contributed by atoms with E-state index in [1.807, 2.05) is 43.5 Å². The smallest absolute Gasteiger partial charge is 0.240 e. The summed E-state index contributed by atoms with van der Waals surface area (Å²) in [4.78, 5) is 12.4. The summed E-state index contributed by atoms with van der Waals surface area (Å²) in [5, 5.41) is 15.1. The number of aromatic nitrogens is 4. The van der Waals surface area contributed by atoms with Crippen LogP contribution in [0.1, 0.15) is 24.0 Å². The van der Waals surface area contributed by atoms with E-state index in [-0.39, 0.29) is 11.2 Å². The van der Waals surface area contributed by atoms with Gasteiger partial charge in [-0.1, -0.05) is 29.1 Å². The second-order valence-electron chi connectivity index (χ2n) is 5.79. The molecule has 7 nitrogen and oxygen atoms in total. The first-order chi connectivity index (χ1) is 11.9. The molecule has 3 rings (SSSR count). The highest BCUT2D eigenvalue weighted by molar-refractivity contribution is 8.00. The van der Waals surface area contributed by atoms with E-state index in [9.17, 15) is 4.79 Å². The monoisotopic (exact) mass is 357 g/mol. The van der Waals surface area contributed by atoms with E-state index in [0.717, 1.165) is 17.1 Å². The lowest BCUT2D eigenvalue weighted by Gasteiger charge is -2.12. The summed E-state index contributed by atoms with van der Waals surface area (Å²) in [6.07, 6.45) is 0. The van der Waals surface area contributed by atoms with Crippen LogP contribution in [0, 0.1) is 20.8 Å². The molecular formula is C17H19N5O2S. The van der Waals surface area contributed by atoms with Gasteiger partial charge in [-0.2, -0.15) is 0 Å². The zero-order valence-corrected chi connectivity index (χ0v) is 15.3. The second-order valence-corrected chi connectivity index (χ2v) is 7.09. The highest BCUT2D eigenvalue weighted by Gasteiger charge is 2.21. The lowest BCUT2D eigenvalue weighted by atomic mass is 10.2. The van der Waals surface area contributed by atoms with Gasteiger partial charge in [0.2, 0.25) is 11.8 Å². The van der Waals surface area contributed by atoms with Gasteiger partial charge in [0.25, 0.3) is 0 Å². The molecule has 0 saturated carbocycles. The Morgan fingerprint density at radius 2 is 2.04 bits per heavy atom. The Bertz CT molecular complexity index is 902. The number of carbonyl (C=O) groups excluding carboxylic acids is 1. The minimum absolute atomic E-state index is 0.183. The summed E-state index contributed by atoms with van der Waals surface area (Å²) >= 11 is 1.34. The predicted octanol–water partition coefficient (Wildman–Crippen LogP) is 3.30.